The molecule has 0 aliphatic carbocycles. The first-order chi connectivity index (χ1) is 17.5. The largest absolute Gasteiger partial charge is 0.507 e. The highest BCUT2D eigenvalue weighted by atomic mass is 16.5. The Morgan fingerprint density at radius 1 is 1.22 bits per heavy atom. The van der Waals surface area contributed by atoms with Crippen LogP contribution in [0.15, 0.2) is 43.0 Å². The van der Waals surface area contributed by atoms with Gasteiger partial charge in [-0.25, -0.2) is 9.78 Å². The van der Waals surface area contributed by atoms with Crippen molar-refractivity contribution in [1.82, 2.24) is 24.0 Å². The maximum atomic E-state index is 13.4. The maximum Gasteiger partial charge on any atom is 0.340 e. The van der Waals surface area contributed by atoms with Gasteiger partial charge in [0.15, 0.2) is 0 Å². The van der Waals surface area contributed by atoms with Crippen LogP contribution in [0.4, 0.5) is 0 Å². The summed E-state index contributed by atoms with van der Waals surface area (Å²) >= 11 is 0. The van der Waals surface area contributed by atoms with E-state index in [2.05, 4.69) is 19.4 Å². The Labute approximate surface area is 209 Å². The summed E-state index contributed by atoms with van der Waals surface area (Å²) in [6.07, 6.45) is 7.04. The zero-order valence-corrected chi connectivity index (χ0v) is 20.9. The number of nitrogens with zero attached hydrogens (tertiary/aromatic N) is 5. The molecule has 0 unspecified atom stereocenters. The molecule has 5 rings (SSSR count). The van der Waals surface area contributed by atoms with Crippen LogP contribution in [0.2, 0.25) is 0 Å². The molecule has 1 aromatic carbocycles. The van der Waals surface area contributed by atoms with Gasteiger partial charge in [-0.15, -0.1) is 0 Å². The number of ether oxygens (including phenoxy) is 2. The van der Waals surface area contributed by atoms with E-state index >= 15 is 0 Å². The highest BCUT2D eigenvalue weighted by molar-refractivity contribution is 6.09. The third-order valence-corrected chi connectivity index (χ3v) is 6.87. The summed E-state index contributed by atoms with van der Waals surface area (Å²) < 4.78 is 15.1. The molecular weight excluding hydrogens is 458 g/mol. The van der Waals surface area contributed by atoms with Crippen molar-refractivity contribution >= 4 is 16.9 Å². The Bertz CT molecular complexity index is 1390. The highest BCUT2D eigenvalue weighted by Crippen LogP contribution is 2.42. The minimum atomic E-state index is -0.386. The number of phenolic OH excluding ortho intramolecular Hbond substituents is 1. The van der Waals surface area contributed by atoms with Crippen LogP contribution in [0.5, 0.6) is 5.75 Å². The van der Waals surface area contributed by atoms with Gasteiger partial charge in [0.25, 0.3) is 0 Å². The zero-order chi connectivity index (χ0) is 25.2. The van der Waals surface area contributed by atoms with Crippen molar-refractivity contribution in [3.05, 3.63) is 65.6 Å². The lowest BCUT2D eigenvalue weighted by Gasteiger charge is -2.27. The third kappa shape index (κ3) is 4.36. The van der Waals surface area contributed by atoms with E-state index in [0.29, 0.717) is 48.4 Å². The van der Waals surface area contributed by atoms with Gasteiger partial charge in [-0.3, -0.25) is 9.88 Å². The first-order valence-electron chi connectivity index (χ1n) is 12.2. The predicted molar refractivity (Wildman–Crippen MR) is 136 cm³/mol. The van der Waals surface area contributed by atoms with Crippen LogP contribution in [0, 0.1) is 6.92 Å². The molecular formula is C27H31N5O4. The van der Waals surface area contributed by atoms with Gasteiger partial charge in [0.2, 0.25) is 0 Å². The summed E-state index contributed by atoms with van der Waals surface area (Å²) in [4.78, 5) is 24.3. The molecule has 0 saturated carbocycles. The monoisotopic (exact) mass is 489 g/mol. The Morgan fingerprint density at radius 3 is 2.69 bits per heavy atom. The molecule has 3 aromatic heterocycles. The van der Waals surface area contributed by atoms with E-state index < -0.39 is 0 Å². The van der Waals surface area contributed by atoms with Crippen molar-refractivity contribution in [3.63, 3.8) is 0 Å². The minimum Gasteiger partial charge on any atom is -0.507 e. The average molecular weight is 490 g/mol. The van der Waals surface area contributed by atoms with Crippen LogP contribution in [-0.2, 0) is 29.6 Å². The summed E-state index contributed by atoms with van der Waals surface area (Å²) in [5.74, 6) is 0.553. The van der Waals surface area contributed by atoms with E-state index in [1.807, 2.05) is 42.9 Å². The van der Waals surface area contributed by atoms with Crippen LogP contribution in [0.3, 0.4) is 0 Å². The lowest BCUT2D eigenvalue weighted by Crippen LogP contribution is -2.36. The quantitative estimate of drug-likeness (QED) is 0.397. The van der Waals surface area contributed by atoms with Crippen LogP contribution < -0.4 is 0 Å². The SMILES string of the molecule is CCOC(=O)c1c(CN2CCOCC2)n(C)c2cc(-c3cccnc3)c(O)c(Cn3ccnc3C)c12. The number of esters is 1. The Morgan fingerprint density at radius 2 is 2.03 bits per heavy atom. The molecule has 0 amide bonds. The van der Waals surface area contributed by atoms with Gasteiger partial charge in [0.1, 0.15) is 11.6 Å². The van der Waals surface area contributed by atoms with Crippen LogP contribution in [0.25, 0.3) is 22.0 Å². The summed E-state index contributed by atoms with van der Waals surface area (Å²) in [7, 11) is 1.97. The standard InChI is InChI=1S/C27H31N5O4/c1-4-36-27(34)25-23(17-31-10-12-35-13-11-31)30(3)22-14-20(19-6-5-7-28-15-19)26(33)21(24(22)25)16-32-9-8-29-18(32)2/h5-9,14-15,33H,4,10-13,16-17H2,1-3H3. The number of rotatable bonds is 7. The number of benzene rings is 1. The number of pyridine rings is 1. The van der Waals surface area contributed by atoms with E-state index in [9.17, 15) is 9.90 Å². The summed E-state index contributed by atoms with van der Waals surface area (Å²) in [5.41, 5.74) is 4.33. The van der Waals surface area contributed by atoms with Crippen molar-refractivity contribution < 1.29 is 19.4 Å². The van der Waals surface area contributed by atoms with Gasteiger partial charge < -0.3 is 23.7 Å². The van der Waals surface area contributed by atoms with Gasteiger partial charge in [-0.05, 0) is 26.0 Å². The van der Waals surface area contributed by atoms with Gasteiger partial charge in [-0.1, -0.05) is 6.07 Å². The molecule has 9 heteroatoms. The molecule has 0 bridgehead atoms. The normalized spacial score (nSPS) is 14.4. The second kappa shape index (κ2) is 10.1. The molecule has 1 aliphatic rings. The zero-order valence-electron chi connectivity index (χ0n) is 20.9. The molecule has 1 aliphatic heterocycles. The van der Waals surface area contributed by atoms with Gasteiger partial charge in [0.05, 0.1) is 37.4 Å². The van der Waals surface area contributed by atoms with E-state index in [4.69, 9.17) is 9.47 Å². The van der Waals surface area contributed by atoms with Crippen molar-refractivity contribution in [2.45, 2.75) is 26.9 Å². The van der Waals surface area contributed by atoms with E-state index in [1.165, 1.54) is 0 Å². The van der Waals surface area contributed by atoms with Crippen molar-refractivity contribution in [2.24, 2.45) is 7.05 Å². The summed E-state index contributed by atoms with van der Waals surface area (Å²) in [6, 6.07) is 5.71. The topological polar surface area (TPSA) is 94.6 Å². The number of carbonyl (C=O) groups is 1. The number of phenols is 1. The summed E-state index contributed by atoms with van der Waals surface area (Å²) in [6.45, 7) is 7.82. The lowest BCUT2D eigenvalue weighted by molar-refractivity contribution is 0.0328. The first-order valence-corrected chi connectivity index (χ1v) is 12.2. The number of hydrogen-bond donors (Lipinski definition) is 1. The van der Waals surface area contributed by atoms with Gasteiger partial charge in [-0.2, -0.15) is 0 Å². The van der Waals surface area contributed by atoms with Crippen LogP contribution in [-0.4, -0.2) is 68.0 Å². The molecule has 4 aromatic rings. The third-order valence-electron chi connectivity index (χ3n) is 6.87. The Kier molecular flexibility index (Phi) is 6.75. The highest BCUT2D eigenvalue weighted by Gasteiger charge is 2.29. The van der Waals surface area contributed by atoms with Crippen molar-refractivity contribution in [1.29, 1.82) is 0 Å². The molecule has 1 fully saturated rings. The molecule has 1 saturated heterocycles. The molecule has 9 nitrogen and oxygen atoms in total. The molecule has 4 heterocycles. The fourth-order valence-corrected chi connectivity index (χ4v) is 4.93. The number of fused-ring (bicyclic) bond motifs is 1. The first kappa shape index (κ1) is 24.0. The van der Waals surface area contributed by atoms with Crippen molar-refractivity contribution in [3.8, 4) is 16.9 Å². The number of hydrogen-bond acceptors (Lipinski definition) is 7. The van der Waals surface area contributed by atoms with E-state index in [1.54, 1.807) is 25.5 Å². The second-order valence-corrected chi connectivity index (χ2v) is 8.98. The number of morpholine rings is 1. The van der Waals surface area contributed by atoms with E-state index in [0.717, 1.165) is 35.7 Å². The molecule has 0 radical (unpaired) electrons. The maximum absolute atomic E-state index is 13.4. The molecule has 188 valence electrons. The number of aromatic nitrogens is 4. The number of imidazole rings is 1. The molecule has 1 N–H and O–H groups in total. The van der Waals surface area contributed by atoms with Crippen LogP contribution in [0.1, 0.15) is 34.4 Å². The summed E-state index contributed by atoms with van der Waals surface area (Å²) in [5, 5.41) is 12.3. The lowest BCUT2D eigenvalue weighted by atomic mass is 9.96. The number of aromatic hydroxyl groups is 1. The van der Waals surface area contributed by atoms with Crippen molar-refractivity contribution in [2.75, 3.05) is 32.9 Å². The smallest absolute Gasteiger partial charge is 0.340 e. The van der Waals surface area contributed by atoms with Gasteiger partial charge >= 0.3 is 5.97 Å². The number of carbonyl (C=O) groups excluding carboxylic acids is 1. The Balaban J connectivity index is 1.79. The average Bonchev–Trinajstić information content (AvgIpc) is 3.42. The fourth-order valence-electron chi connectivity index (χ4n) is 4.93. The molecule has 36 heavy (non-hydrogen) atoms. The predicted octanol–water partition coefficient (Wildman–Crippen LogP) is 3.51. The Hall–Kier alpha value is -3.69. The number of aryl methyl sites for hydroxylation is 2. The van der Waals surface area contributed by atoms with E-state index in [-0.39, 0.29) is 18.3 Å². The molecule has 0 atom stereocenters. The second-order valence-electron chi connectivity index (χ2n) is 8.98. The minimum absolute atomic E-state index is 0.123. The fraction of sp³-hybridized carbons (Fsp3) is 0.370. The molecule has 0 spiro atoms. The van der Waals surface area contributed by atoms with Gasteiger partial charge in [0, 0.05) is 79.2 Å². The van der Waals surface area contributed by atoms with Crippen LogP contribution >= 0.6 is 0 Å².